The van der Waals surface area contributed by atoms with E-state index in [-0.39, 0.29) is 18.6 Å². The number of hydrogen-bond acceptors (Lipinski definition) is 5. The van der Waals surface area contributed by atoms with Crippen molar-refractivity contribution in [1.82, 2.24) is 4.90 Å². The molecule has 1 aromatic rings. The summed E-state index contributed by atoms with van der Waals surface area (Å²) in [7, 11) is 0. The van der Waals surface area contributed by atoms with Crippen LogP contribution in [0.4, 0.5) is 15.8 Å². The van der Waals surface area contributed by atoms with Crippen molar-refractivity contribution in [1.29, 1.82) is 0 Å². The topological polar surface area (TPSA) is 84.7 Å². The van der Waals surface area contributed by atoms with Crippen LogP contribution in [0.2, 0.25) is 0 Å². The molecule has 0 bridgehead atoms. The molecule has 1 saturated heterocycles. The van der Waals surface area contributed by atoms with Crippen molar-refractivity contribution in [3.63, 3.8) is 0 Å². The molecule has 1 amide bonds. The van der Waals surface area contributed by atoms with Crippen molar-refractivity contribution in [2.24, 2.45) is 0 Å². The highest BCUT2D eigenvalue weighted by atomic mass is 19.1. The van der Waals surface area contributed by atoms with Crippen LogP contribution < -0.4 is 5.32 Å². The van der Waals surface area contributed by atoms with Gasteiger partial charge in [-0.1, -0.05) is 6.92 Å². The molecule has 7 nitrogen and oxygen atoms in total. The SMILES string of the molecule is CCC1CN(C(=O)CNc2ccc(F)c([N+](=O)[O-])c2)CCO1. The molecule has 22 heavy (non-hydrogen) atoms. The summed E-state index contributed by atoms with van der Waals surface area (Å²) in [6.45, 7) is 3.57. The van der Waals surface area contributed by atoms with Crippen molar-refractivity contribution in [2.45, 2.75) is 19.4 Å². The van der Waals surface area contributed by atoms with Gasteiger partial charge in [0.2, 0.25) is 11.7 Å². The zero-order chi connectivity index (χ0) is 16.1. The summed E-state index contributed by atoms with van der Waals surface area (Å²) in [4.78, 5) is 23.7. The molecule has 2 rings (SSSR count). The van der Waals surface area contributed by atoms with E-state index in [1.807, 2.05) is 6.92 Å². The van der Waals surface area contributed by atoms with E-state index in [0.717, 1.165) is 18.6 Å². The number of morpholine rings is 1. The van der Waals surface area contributed by atoms with Crippen LogP contribution >= 0.6 is 0 Å². The van der Waals surface area contributed by atoms with Crippen molar-refractivity contribution in [3.8, 4) is 0 Å². The predicted molar refractivity (Wildman–Crippen MR) is 78.2 cm³/mol. The van der Waals surface area contributed by atoms with Gasteiger partial charge in [0.1, 0.15) is 0 Å². The van der Waals surface area contributed by atoms with Gasteiger partial charge in [0, 0.05) is 24.8 Å². The summed E-state index contributed by atoms with van der Waals surface area (Å²) in [5, 5.41) is 13.5. The zero-order valence-electron chi connectivity index (χ0n) is 12.3. The minimum Gasteiger partial charge on any atom is -0.376 e. The molecule has 8 heteroatoms. The van der Waals surface area contributed by atoms with E-state index in [9.17, 15) is 19.3 Å². The Morgan fingerprint density at radius 2 is 2.36 bits per heavy atom. The molecule has 0 aromatic heterocycles. The van der Waals surface area contributed by atoms with E-state index < -0.39 is 16.4 Å². The number of nitro benzene ring substituents is 1. The largest absolute Gasteiger partial charge is 0.376 e. The Bertz CT molecular complexity index is 567. The highest BCUT2D eigenvalue weighted by Crippen LogP contribution is 2.21. The first-order chi connectivity index (χ1) is 10.5. The molecule has 0 aliphatic carbocycles. The summed E-state index contributed by atoms with van der Waals surface area (Å²) < 4.78 is 18.7. The van der Waals surface area contributed by atoms with Gasteiger partial charge in [0.25, 0.3) is 0 Å². The zero-order valence-corrected chi connectivity index (χ0v) is 12.3. The highest BCUT2D eigenvalue weighted by Gasteiger charge is 2.23. The number of ether oxygens (including phenoxy) is 1. The Morgan fingerprint density at radius 3 is 3.05 bits per heavy atom. The third-order valence-electron chi connectivity index (χ3n) is 3.53. The summed E-state index contributed by atoms with van der Waals surface area (Å²) >= 11 is 0. The second-order valence-electron chi connectivity index (χ2n) is 5.02. The fourth-order valence-corrected chi connectivity index (χ4v) is 2.24. The van der Waals surface area contributed by atoms with Gasteiger partial charge in [0.05, 0.1) is 24.2 Å². The standard InChI is InChI=1S/C14H18FN3O4/c1-2-11-9-17(5-6-22-11)14(19)8-16-10-3-4-12(15)13(7-10)18(20)21/h3-4,7,11,16H,2,5-6,8-9H2,1H3. The maximum atomic E-state index is 13.2. The average Bonchev–Trinajstić information content (AvgIpc) is 2.53. The number of anilines is 1. The Kier molecular flexibility index (Phi) is 5.26. The van der Waals surface area contributed by atoms with Gasteiger partial charge in [0.15, 0.2) is 0 Å². The van der Waals surface area contributed by atoms with Gasteiger partial charge < -0.3 is 15.0 Å². The number of carbonyl (C=O) groups excluding carboxylic acids is 1. The van der Waals surface area contributed by atoms with Crippen LogP contribution in [0.15, 0.2) is 18.2 Å². The monoisotopic (exact) mass is 311 g/mol. The van der Waals surface area contributed by atoms with Crippen LogP contribution in [-0.2, 0) is 9.53 Å². The number of benzene rings is 1. The van der Waals surface area contributed by atoms with E-state index in [1.54, 1.807) is 4.90 Å². The molecule has 1 N–H and O–H groups in total. The number of nitrogens with zero attached hydrogens (tertiary/aromatic N) is 2. The van der Waals surface area contributed by atoms with E-state index in [4.69, 9.17) is 4.74 Å². The minimum absolute atomic E-state index is 0.000773. The predicted octanol–water partition coefficient (Wildman–Crippen LogP) is 1.78. The molecule has 0 spiro atoms. The van der Waals surface area contributed by atoms with Gasteiger partial charge in [-0.25, -0.2) is 0 Å². The molecule has 1 aromatic carbocycles. The maximum absolute atomic E-state index is 13.2. The van der Waals surface area contributed by atoms with Crippen LogP contribution in [0, 0.1) is 15.9 Å². The van der Waals surface area contributed by atoms with Crippen molar-refractivity contribution in [2.75, 3.05) is 31.6 Å². The highest BCUT2D eigenvalue weighted by molar-refractivity contribution is 5.81. The first-order valence-electron chi connectivity index (χ1n) is 7.08. The lowest BCUT2D eigenvalue weighted by Gasteiger charge is -2.32. The number of carbonyl (C=O) groups is 1. The van der Waals surface area contributed by atoms with Crippen molar-refractivity contribution >= 4 is 17.3 Å². The summed E-state index contributed by atoms with van der Waals surface area (Å²) in [6, 6.07) is 3.45. The van der Waals surface area contributed by atoms with Gasteiger partial charge in [-0.2, -0.15) is 4.39 Å². The molecule has 1 fully saturated rings. The Hall–Kier alpha value is -2.22. The summed E-state index contributed by atoms with van der Waals surface area (Å²) in [5.74, 6) is -1.02. The van der Waals surface area contributed by atoms with E-state index >= 15 is 0 Å². The van der Waals surface area contributed by atoms with E-state index in [2.05, 4.69) is 5.32 Å². The van der Waals surface area contributed by atoms with Gasteiger partial charge >= 0.3 is 5.69 Å². The molecule has 0 saturated carbocycles. The third kappa shape index (κ3) is 3.91. The van der Waals surface area contributed by atoms with Crippen LogP contribution in [0.3, 0.4) is 0 Å². The van der Waals surface area contributed by atoms with Gasteiger partial charge in [-0.05, 0) is 18.6 Å². The van der Waals surface area contributed by atoms with Crippen LogP contribution in [0.5, 0.6) is 0 Å². The van der Waals surface area contributed by atoms with E-state index in [1.165, 1.54) is 6.07 Å². The number of nitro groups is 1. The third-order valence-corrected chi connectivity index (χ3v) is 3.53. The fraction of sp³-hybridized carbons (Fsp3) is 0.500. The van der Waals surface area contributed by atoms with Gasteiger partial charge in [-0.15, -0.1) is 0 Å². The molecular formula is C14H18FN3O4. The summed E-state index contributed by atoms with van der Waals surface area (Å²) in [5.41, 5.74) is -0.281. The number of amides is 1. The lowest BCUT2D eigenvalue weighted by atomic mass is 10.2. The van der Waals surface area contributed by atoms with Crippen LogP contribution in [0.25, 0.3) is 0 Å². The Labute approximate surface area is 127 Å². The fourth-order valence-electron chi connectivity index (χ4n) is 2.24. The molecule has 1 atom stereocenters. The lowest BCUT2D eigenvalue weighted by Crippen LogP contribution is -2.47. The molecule has 1 unspecified atom stereocenters. The summed E-state index contributed by atoms with van der Waals surface area (Å²) in [6.07, 6.45) is 0.881. The smallest absolute Gasteiger partial charge is 0.306 e. The average molecular weight is 311 g/mol. The molecule has 1 heterocycles. The maximum Gasteiger partial charge on any atom is 0.306 e. The quantitative estimate of drug-likeness (QED) is 0.662. The number of halogens is 1. The first-order valence-corrected chi connectivity index (χ1v) is 7.08. The van der Waals surface area contributed by atoms with Crippen LogP contribution in [0.1, 0.15) is 13.3 Å². The molecular weight excluding hydrogens is 293 g/mol. The second-order valence-corrected chi connectivity index (χ2v) is 5.02. The molecule has 1 aliphatic heterocycles. The van der Waals surface area contributed by atoms with E-state index in [0.29, 0.717) is 25.4 Å². The first kappa shape index (κ1) is 16.2. The van der Waals surface area contributed by atoms with Crippen molar-refractivity contribution in [3.05, 3.63) is 34.1 Å². The normalized spacial score (nSPS) is 18.1. The Morgan fingerprint density at radius 1 is 1.59 bits per heavy atom. The molecule has 120 valence electrons. The Balaban J connectivity index is 1.93. The van der Waals surface area contributed by atoms with Gasteiger partial charge in [-0.3, -0.25) is 14.9 Å². The number of hydrogen-bond donors (Lipinski definition) is 1. The van der Waals surface area contributed by atoms with Crippen LogP contribution in [-0.4, -0.2) is 48.1 Å². The molecule has 1 aliphatic rings. The lowest BCUT2D eigenvalue weighted by molar-refractivity contribution is -0.387. The number of rotatable bonds is 5. The molecule has 0 radical (unpaired) electrons. The minimum atomic E-state index is -0.902. The second kappa shape index (κ2) is 7.17. The van der Waals surface area contributed by atoms with Crippen molar-refractivity contribution < 1.29 is 18.8 Å². The number of nitrogens with one attached hydrogen (secondary N) is 1.